The topological polar surface area (TPSA) is 42.7 Å². The molecule has 1 unspecified atom stereocenters. The van der Waals surface area contributed by atoms with Crippen LogP contribution in [0.3, 0.4) is 0 Å². The highest BCUT2D eigenvalue weighted by Gasteiger charge is 2.21. The van der Waals surface area contributed by atoms with Gasteiger partial charge in [-0.05, 0) is 40.5 Å². The summed E-state index contributed by atoms with van der Waals surface area (Å²) in [5.74, 6) is 0. The van der Waals surface area contributed by atoms with Crippen molar-refractivity contribution >= 4 is 27.5 Å². The monoisotopic (exact) mass is 356 g/mol. The number of halogens is 2. The quantitative estimate of drug-likeness (QED) is 0.855. The maximum atomic E-state index is 6.35. The molecule has 0 aliphatic carbocycles. The second-order valence-electron chi connectivity index (χ2n) is 4.53. The number of aryl methyl sites for hydroxylation is 1. The number of pyridine rings is 1. The van der Waals surface area contributed by atoms with Gasteiger partial charge in [0.25, 0.3) is 0 Å². The molecule has 20 heavy (non-hydrogen) atoms. The van der Waals surface area contributed by atoms with Gasteiger partial charge in [-0.3, -0.25) is 9.67 Å². The highest BCUT2D eigenvalue weighted by atomic mass is 79.9. The zero-order valence-corrected chi connectivity index (χ0v) is 13.9. The molecule has 2 rings (SSSR count). The molecular formula is C14H18BrClN4. The van der Waals surface area contributed by atoms with Gasteiger partial charge in [-0.25, -0.2) is 0 Å². The summed E-state index contributed by atoms with van der Waals surface area (Å²) in [6.45, 7) is 5.89. The van der Waals surface area contributed by atoms with Gasteiger partial charge >= 0.3 is 0 Å². The number of hydrogen-bond donors (Lipinski definition) is 1. The van der Waals surface area contributed by atoms with Gasteiger partial charge in [-0.15, -0.1) is 0 Å². The molecule has 6 heteroatoms. The molecule has 0 radical (unpaired) electrons. The first-order valence-electron chi connectivity index (χ1n) is 6.72. The molecule has 4 nitrogen and oxygen atoms in total. The summed E-state index contributed by atoms with van der Waals surface area (Å²) in [5, 5.41) is 8.52. The molecule has 0 amide bonds. The van der Waals surface area contributed by atoms with Gasteiger partial charge in [0.2, 0.25) is 0 Å². The van der Waals surface area contributed by atoms with Crippen LogP contribution >= 0.6 is 27.5 Å². The highest BCUT2D eigenvalue weighted by molar-refractivity contribution is 9.10. The molecular weight excluding hydrogens is 340 g/mol. The summed E-state index contributed by atoms with van der Waals surface area (Å²) >= 11 is 9.81. The van der Waals surface area contributed by atoms with E-state index in [1.165, 1.54) is 0 Å². The van der Waals surface area contributed by atoms with Gasteiger partial charge in [-0.1, -0.05) is 25.4 Å². The van der Waals surface area contributed by atoms with Crippen molar-refractivity contribution in [1.29, 1.82) is 0 Å². The molecule has 1 atom stereocenters. The molecule has 0 saturated carbocycles. The molecule has 2 aromatic rings. The van der Waals surface area contributed by atoms with E-state index in [0.717, 1.165) is 35.2 Å². The fourth-order valence-electron chi connectivity index (χ4n) is 2.21. The third-order valence-electron chi connectivity index (χ3n) is 3.01. The van der Waals surface area contributed by atoms with Gasteiger partial charge in [0.05, 0.1) is 23.0 Å². The van der Waals surface area contributed by atoms with Crippen molar-refractivity contribution in [2.45, 2.75) is 32.9 Å². The number of nitrogens with zero attached hydrogens (tertiary/aromatic N) is 3. The maximum Gasteiger partial charge on any atom is 0.0837 e. The average molecular weight is 358 g/mol. The summed E-state index contributed by atoms with van der Waals surface area (Å²) in [4.78, 5) is 4.24. The van der Waals surface area contributed by atoms with Crippen molar-refractivity contribution in [2.24, 2.45) is 0 Å². The van der Waals surface area contributed by atoms with Crippen molar-refractivity contribution in [3.63, 3.8) is 0 Å². The normalized spacial score (nSPS) is 12.6. The molecule has 0 aliphatic heterocycles. The van der Waals surface area contributed by atoms with Crippen molar-refractivity contribution in [2.75, 3.05) is 6.54 Å². The molecule has 2 aromatic heterocycles. The van der Waals surface area contributed by atoms with Crippen molar-refractivity contribution in [3.05, 3.63) is 45.4 Å². The van der Waals surface area contributed by atoms with E-state index in [1.54, 1.807) is 12.4 Å². The molecule has 0 aromatic carbocycles. The lowest BCUT2D eigenvalue weighted by Crippen LogP contribution is -2.25. The van der Waals surface area contributed by atoms with Crippen molar-refractivity contribution in [1.82, 2.24) is 20.1 Å². The summed E-state index contributed by atoms with van der Waals surface area (Å²) in [6, 6.07) is 2.05. The molecule has 1 N–H and O–H groups in total. The van der Waals surface area contributed by atoms with Gasteiger partial charge in [0.15, 0.2) is 0 Å². The third-order valence-corrected chi connectivity index (χ3v) is 3.73. The maximum absolute atomic E-state index is 6.35. The first-order valence-corrected chi connectivity index (χ1v) is 7.89. The van der Waals surface area contributed by atoms with Crippen LogP contribution in [0.1, 0.15) is 37.6 Å². The zero-order valence-electron chi connectivity index (χ0n) is 11.6. The van der Waals surface area contributed by atoms with Gasteiger partial charge in [-0.2, -0.15) is 5.10 Å². The molecule has 0 bridgehead atoms. The Labute approximate surface area is 132 Å². The van der Waals surface area contributed by atoms with Gasteiger partial charge in [0, 0.05) is 23.4 Å². The lowest BCUT2D eigenvalue weighted by atomic mass is 10.1. The van der Waals surface area contributed by atoms with Crippen molar-refractivity contribution in [3.8, 4) is 0 Å². The largest absolute Gasteiger partial charge is 0.305 e. The summed E-state index contributed by atoms with van der Waals surface area (Å²) in [6.07, 6.45) is 6.36. The van der Waals surface area contributed by atoms with Crippen LogP contribution < -0.4 is 5.32 Å². The van der Waals surface area contributed by atoms with E-state index in [9.17, 15) is 0 Å². The summed E-state index contributed by atoms with van der Waals surface area (Å²) in [7, 11) is 0. The minimum atomic E-state index is -0.00782. The number of hydrogen-bond acceptors (Lipinski definition) is 3. The van der Waals surface area contributed by atoms with E-state index >= 15 is 0 Å². The van der Waals surface area contributed by atoms with E-state index in [0.29, 0.717) is 5.02 Å². The lowest BCUT2D eigenvalue weighted by Gasteiger charge is -2.20. The van der Waals surface area contributed by atoms with E-state index in [4.69, 9.17) is 11.6 Å². The van der Waals surface area contributed by atoms with Crippen LogP contribution in [0.15, 0.2) is 29.1 Å². The molecule has 108 valence electrons. The first-order chi connectivity index (χ1) is 9.67. The fraction of sp³-hybridized carbons (Fsp3) is 0.429. The molecule has 0 aliphatic rings. The van der Waals surface area contributed by atoms with Gasteiger partial charge < -0.3 is 5.32 Å². The van der Waals surface area contributed by atoms with Crippen LogP contribution in [0.25, 0.3) is 0 Å². The summed E-state index contributed by atoms with van der Waals surface area (Å²) < 4.78 is 2.92. The highest BCUT2D eigenvalue weighted by Crippen LogP contribution is 2.29. The van der Waals surface area contributed by atoms with Crippen LogP contribution in [0, 0.1) is 0 Å². The molecule has 0 fully saturated rings. The van der Waals surface area contributed by atoms with E-state index in [1.807, 2.05) is 10.9 Å². The molecule has 0 saturated heterocycles. The Morgan fingerprint density at radius 2 is 2.15 bits per heavy atom. The number of aromatic nitrogens is 3. The number of rotatable bonds is 6. The fourth-order valence-corrected chi connectivity index (χ4v) is 2.84. The van der Waals surface area contributed by atoms with E-state index < -0.39 is 0 Å². The Hall–Kier alpha value is -0.910. The Kier molecular flexibility index (Phi) is 5.57. The Bertz CT molecular complexity index is 570. The van der Waals surface area contributed by atoms with E-state index in [2.05, 4.69) is 51.2 Å². The van der Waals surface area contributed by atoms with Crippen molar-refractivity contribution < 1.29 is 0 Å². The van der Waals surface area contributed by atoms with Crippen LogP contribution in [-0.2, 0) is 6.54 Å². The first kappa shape index (κ1) is 15.5. The third kappa shape index (κ3) is 3.40. The number of nitrogens with one attached hydrogen (secondary N) is 1. The minimum absolute atomic E-state index is 0.00782. The average Bonchev–Trinajstić information content (AvgIpc) is 2.78. The molecule has 2 heterocycles. The predicted octanol–water partition coefficient (Wildman–Crippen LogP) is 3.80. The van der Waals surface area contributed by atoms with Crippen LogP contribution in [0.4, 0.5) is 0 Å². The predicted molar refractivity (Wildman–Crippen MR) is 85.0 cm³/mol. The lowest BCUT2D eigenvalue weighted by molar-refractivity contribution is 0.520. The van der Waals surface area contributed by atoms with Gasteiger partial charge in [0.1, 0.15) is 0 Å². The van der Waals surface area contributed by atoms with Crippen LogP contribution in [-0.4, -0.2) is 21.3 Å². The van der Waals surface area contributed by atoms with Crippen LogP contribution in [0.5, 0.6) is 0 Å². The Morgan fingerprint density at radius 1 is 1.35 bits per heavy atom. The zero-order chi connectivity index (χ0) is 14.5. The van der Waals surface area contributed by atoms with E-state index in [-0.39, 0.29) is 6.04 Å². The standard InChI is InChI=1S/C14H18BrClN4/c1-3-5-20-14(12(16)9-19-20)13(18-4-2)10-6-11(15)8-17-7-10/h6-9,13,18H,3-5H2,1-2H3. The SMILES string of the molecule is CCCn1ncc(Cl)c1C(NCC)c1cncc(Br)c1. The second kappa shape index (κ2) is 7.20. The Balaban J connectivity index is 2.45. The summed E-state index contributed by atoms with van der Waals surface area (Å²) in [5.41, 5.74) is 2.07. The smallest absolute Gasteiger partial charge is 0.0837 e. The molecule has 0 spiro atoms. The Morgan fingerprint density at radius 3 is 2.80 bits per heavy atom. The van der Waals surface area contributed by atoms with Crippen LogP contribution in [0.2, 0.25) is 5.02 Å². The second-order valence-corrected chi connectivity index (χ2v) is 5.85. The minimum Gasteiger partial charge on any atom is -0.305 e.